The number of benzene rings is 1. The van der Waals surface area contributed by atoms with Gasteiger partial charge in [-0.3, -0.25) is 0 Å². The number of halogens is 1. The van der Waals surface area contributed by atoms with Gasteiger partial charge in [0.25, 0.3) is 10.2 Å². The van der Waals surface area contributed by atoms with Crippen LogP contribution in [0.25, 0.3) is 0 Å². The Hall–Kier alpha value is -0.820. The van der Waals surface area contributed by atoms with Gasteiger partial charge in [-0.25, -0.2) is 0 Å². The second-order valence-corrected chi connectivity index (χ2v) is 8.76. The number of piperazine rings is 1. The Morgan fingerprint density at radius 3 is 2.13 bits per heavy atom. The summed E-state index contributed by atoms with van der Waals surface area (Å²) in [6.07, 6.45) is 1.91. The van der Waals surface area contributed by atoms with Crippen LogP contribution in [0.2, 0.25) is 5.02 Å². The normalized spacial score (nSPS) is 22.4. The summed E-state index contributed by atoms with van der Waals surface area (Å²) >= 11 is 6.24. The van der Waals surface area contributed by atoms with E-state index in [2.05, 4.69) is 11.8 Å². The number of nitrogens with zero attached hydrogens (tertiary/aromatic N) is 3. The van der Waals surface area contributed by atoms with E-state index in [0.29, 0.717) is 50.2 Å². The van der Waals surface area contributed by atoms with Crippen LogP contribution in [0, 0.1) is 5.92 Å². The first-order valence-electron chi connectivity index (χ1n) is 8.23. The molecule has 1 aromatic rings. The molecule has 0 amide bonds. The molecule has 1 aromatic carbocycles. The molecule has 0 unspecified atom stereocenters. The molecule has 7 heteroatoms. The van der Waals surface area contributed by atoms with Crippen LogP contribution in [0.15, 0.2) is 24.3 Å². The van der Waals surface area contributed by atoms with Crippen molar-refractivity contribution in [3.8, 4) is 0 Å². The lowest BCUT2D eigenvalue weighted by molar-refractivity contribution is 0.260. The molecule has 0 radical (unpaired) electrons. The minimum Gasteiger partial charge on any atom is -0.368 e. The van der Waals surface area contributed by atoms with Gasteiger partial charge in [0.2, 0.25) is 0 Å². The Morgan fingerprint density at radius 1 is 0.957 bits per heavy atom. The van der Waals surface area contributed by atoms with Crippen molar-refractivity contribution < 1.29 is 8.42 Å². The molecule has 2 heterocycles. The number of hydrogen-bond donors (Lipinski definition) is 0. The number of rotatable bonds is 3. The summed E-state index contributed by atoms with van der Waals surface area (Å²) in [5.41, 5.74) is 0.984. The Kier molecular flexibility index (Phi) is 5.16. The second-order valence-electron chi connectivity index (χ2n) is 6.43. The third-order valence-electron chi connectivity index (χ3n) is 4.83. The molecule has 2 saturated heterocycles. The maximum absolute atomic E-state index is 12.8. The van der Waals surface area contributed by atoms with Gasteiger partial charge in [-0.2, -0.15) is 17.0 Å². The lowest BCUT2D eigenvalue weighted by atomic mass is 10.0. The van der Waals surface area contributed by atoms with Crippen LogP contribution in [0.5, 0.6) is 0 Å². The number of piperidine rings is 1. The predicted molar refractivity (Wildman–Crippen MR) is 94.1 cm³/mol. The summed E-state index contributed by atoms with van der Waals surface area (Å²) in [5.74, 6) is 0.624. The van der Waals surface area contributed by atoms with Crippen LogP contribution in [0.3, 0.4) is 0 Å². The molecule has 0 atom stereocenters. The van der Waals surface area contributed by atoms with Crippen LogP contribution in [-0.2, 0) is 10.2 Å². The van der Waals surface area contributed by atoms with Crippen molar-refractivity contribution in [2.24, 2.45) is 5.92 Å². The van der Waals surface area contributed by atoms with E-state index in [1.54, 1.807) is 8.61 Å². The fraction of sp³-hybridized carbons (Fsp3) is 0.625. The van der Waals surface area contributed by atoms with Crippen molar-refractivity contribution in [2.75, 3.05) is 44.2 Å². The van der Waals surface area contributed by atoms with E-state index in [-0.39, 0.29) is 0 Å². The minimum atomic E-state index is -3.32. The van der Waals surface area contributed by atoms with E-state index in [1.165, 1.54) is 0 Å². The maximum atomic E-state index is 12.8. The topological polar surface area (TPSA) is 43.9 Å². The van der Waals surface area contributed by atoms with Crippen LogP contribution in [0.4, 0.5) is 5.69 Å². The number of hydrogen-bond acceptors (Lipinski definition) is 3. The van der Waals surface area contributed by atoms with Crippen LogP contribution < -0.4 is 4.90 Å². The summed E-state index contributed by atoms with van der Waals surface area (Å²) < 4.78 is 28.8. The van der Waals surface area contributed by atoms with E-state index in [0.717, 1.165) is 18.5 Å². The molecular formula is C16H24ClN3O2S. The maximum Gasteiger partial charge on any atom is 0.282 e. The van der Waals surface area contributed by atoms with Gasteiger partial charge in [-0.05, 0) is 30.9 Å². The SMILES string of the molecule is CC1CCN(S(=O)(=O)N2CCN(c3ccccc3Cl)CC2)CC1. The predicted octanol–water partition coefficient (Wildman–Crippen LogP) is 2.44. The van der Waals surface area contributed by atoms with Crippen molar-refractivity contribution in [3.05, 3.63) is 29.3 Å². The molecule has 0 N–H and O–H groups in total. The minimum absolute atomic E-state index is 0.514. The fourth-order valence-corrected chi connectivity index (χ4v) is 5.13. The first-order chi connectivity index (χ1) is 11.0. The molecule has 0 saturated carbocycles. The highest BCUT2D eigenvalue weighted by molar-refractivity contribution is 7.86. The third-order valence-corrected chi connectivity index (χ3v) is 7.18. The van der Waals surface area contributed by atoms with Gasteiger partial charge >= 0.3 is 0 Å². The largest absolute Gasteiger partial charge is 0.368 e. The molecule has 128 valence electrons. The monoisotopic (exact) mass is 357 g/mol. The molecule has 0 spiro atoms. The Bertz CT molecular complexity index is 636. The van der Waals surface area contributed by atoms with Gasteiger partial charge in [0.15, 0.2) is 0 Å². The van der Waals surface area contributed by atoms with Crippen molar-refractivity contribution >= 4 is 27.5 Å². The van der Waals surface area contributed by atoms with Crippen LogP contribution in [0.1, 0.15) is 19.8 Å². The van der Waals surface area contributed by atoms with Crippen molar-refractivity contribution in [2.45, 2.75) is 19.8 Å². The molecule has 0 bridgehead atoms. The fourth-order valence-electron chi connectivity index (χ4n) is 3.25. The summed E-state index contributed by atoms with van der Waals surface area (Å²) in [7, 11) is -3.32. The Morgan fingerprint density at radius 2 is 1.52 bits per heavy atom. The average Bonchev–Trinajstić information content (AvgIpc) is 2.56. The zero-order chi connectivity index (χ0) is 16.4. The highest BCUT2D eigenvalue weighted by Gasteiger charge is 2.34. The summed E-state index contributed by atoms with van der Waals surface area (Å²) in [6.45, 7) is 5.86. The van der Waals surface area contributed by atoms with E-state index in [4.69, 9.17) is 11.6 Å². The van der Waals surface area contributed by atoms with Gasteiger partial charge in [0.1, 0.15) is 0 Å². The van der Waals surface area contributed by atoms with E-state index >= 15 is 0 Å². The Balaban J connectivity index is 1.63. The Labute approximate surface area is 144 Å². The van der Waals surface area contributed by atoms with Crippen molar-refractivity contribution in [1.82, 2.24) is 8.61 Å². The van der Waals surface area contributed by atoms with Gasteiger partial charge in [-0.1, -0.05) is 30.7 Å². The van der Waals surface area contributed by atoms with E-state index in [9.17, 15) is 8.42 Å². The van der Waals surface area contributed by atoms with E-state index in [1.807, 2.05) is 24.3 Å². The first-order valence-corrected chi connectivity index (χ1v) is 10.0. The summed E-state index contributed by atoms with van der Waals surface area (Å²) in [5, 5.41) is 0.717. The van der Waals surface area contributed by atoms with Crippen molar-refractivity contribution in [1.29, 1.82) is 0 Å². The highest BCUT2D eigenvalue weighted by atomic mass is 35.5. The lowest BCUT2D eigenvalue weighted by Crippen LogP contribution is -2.54. The second kappa shape index (κ2) is 6.97. The molecule has 23 heavy (non-hydrogen) atoms. The van der Waals surface area contributed by atoms with Crippen LogP contribution >= 0.6 is 11.6 Å². The molecule has 5 nitrogen and oxygen atoms in total. The third kappa shape index (κ3) is 3.65. The average molecular weight is 358 g/mol. The smallest absolute Gasteiger partial charge is 0.282 e. The molecule has 3 rings (SSSR count). The van der Waals surface area contributed by atoms with Crippen LogP contribution in [-0.4, -0.2) is 56.3 Å². The quantitative estimate of drug-likeness (QED) is 0.834. The molecule has 2 aliphatic rings. The summed E-state index contributed by atoms with van der Waals surface area (Å²) in [6, 6.07) is 7.72. The lowest BCUT2D eigenvalue weighted by Gasteiger charge is -2.39. The van der Waals surface area contributed by atoms with Gasteiger partial charge in [-0.15, -0.1) is 0 Å². The number of anilines is 1. The number of para-hydroxylation sites is 1. The molecule has 2 fully saturated rings. The first kappa shape index (κ1) is 17.0. The molecular weight excluding hydrogens is 334 g/mol. The molecule has 0 aromatic heterocycles. The summed E-state index contributed by atoms with van der Waals surface area (Å²) in [4.78, 5) is 2.16. The van der Waals surface area contributed by atoms with Gasteiger partial charge in [0.05, 0.1) is 10.7 Å². The highest BCUT2D eigenvalue weighted by Crippen LogP contribution is 2.27. The van der Waals surface area contributed by atoms with Gasteiger partial charge in [0, 0.05) is 39.3 Å². The zero-order valence-electron chi connectivity index (χ0n) is 13.5. The van der Waals surface area contributed by atoms with E-state index < -0.39 is 10.2 Å². The zero-order valence-corrected chi connectivity index (χ0v) is 15.1. The molecule has 2 aliphatic heterocycles. The molecule has 0 aliphatic carbocycles. The standard InChI is InChI=1S/C16H24ClN3O2S/c1-14-6-8-19(9-7-14)23(21,22)20-12-10-18(11-13-20)16-5-3-2-4-15(16)17/h2-5,14H,6-13H2,1H3. The van der Waals surface area contributed by atoms with Crippen molar-refractivity contribution in [3.63, 3.8) is 0 Å². The van der Waals surface area contributed by atoms with Gasteiger partial charge < -0.3 is 4.90 Å².